The fraction of sp³-hybridized carbons (Fsp3) is 0.667. The monoisotopic (exact) mass is 235 g/mol. The van der Waals surface area contributed by atoms with Crippen LogP contribution in [0, 0.1) is 6.92 Å². The molecule has 0 radical (unpaired) electrons. The highest BCUT2D eigenvalue weighted by atomic mass is 15.2. The van der Waals surface area contributed by atoms with Crippen LogP contribution < -0.4 is 5.32 Å². The first-order valence-corrected chi connectivity index (χ1v) is 6.17. The number of anilines is 1. The van der Waals surface area contributed by atoms with Crippen molar-refractivity contribution in [2.24, 2.45) is 0 Å². The zero-order valence-corrected chi connectivity index (χ0v) is 10.7. The quantitative estimate of drug-likeness (QED) is 0.820. The zero-order valence-electron chi connectivity index (χ0n) is 10.7. The maximum absolute atomic E-state index is 4.27. The predicted molar refractivity (Wildman–Crippen MR) is 69.2 cm³/mol. The van der Waals surface area contributed by atoms with Gasteiger partial charge in [-0.05, 0) is 14.0 Å². The van der Waals surface area contributed by atoms with Crippen LogP contribution in [-0.4, -0.2) is 66.1 Å². The average Bonchev–Trinajstić information content (AvgIpc) is 2.34. The Hall–Kier alpha value is -1.20. The molecule has 1 N–H and O–H groups in total. The molecule has 5 nitrogen and oxygen atoms in total. The first-order chi connectivity index (χ1) is 8.24. The molecule has 1 saturated heterocycles. The van der Waals surface area contributed by atoms with E-state index in [1.807, 2.05) is 6.92 Å². The lowest BCUT2D eigenvalue weighted by atomic mass is 10.3. The van der Waals surface area contributed by atoms with E-state index in [1.54, 1.807) is 12.4 Å². The Bertz CT molecular complexity index is 329. The minimum Gasteiger partial charge on any atom is -0.368 e. The van der Waals surface area contributed by atoms with Gasteiger partial charge in [0.25, 0.3) is 0 Å². The lowest BCUT2D eigenvalue weighted by Crippen LogP contribution is -2.45. The van der Waals surface area contributed by atoms with E-state index < -0.39 is 0 Å². The number of hydrogen-bond donors (Lipinski definition) is 1. The largest absolute Gasteiger partial charge is 0.368 e. The summed E-state index contributed by atoms with van der Waals surface area (Å²) >= 11 is 0. The second-order valence-corrected chi connectivity index (χ2v) is 4.61. The summed E-state index contributed by atoms with van der Waals surface area (Å²) in [7, 11) is 2.18. The van der Waals surface area contributed by atoms with Gasteiger partial charge in [0, 0.05) is 39.3 Å². The second kappa shape index (κ2) is 5.93. The molecule has 2 rings (SSSR count). The number of likely N-dealkylation sites (N-methyl/N-ethyl adjacent to an activating group) is 1. The van der Waals surface area contributed by atoms with Crippen LogP contribution in [0.1, 0.15) is 5.69 Å². The fourth-order valence-corrected chi connectivity index (χ4v) is 1.90. The summed E-state index contributed by atoms with van der Waals surface area (Å²) in [6.07, 6.45) is 3.58. The second-order valence-electron chi connectivity index (χ2n) is 4.61. The van der Waals surface area contributed by atoms with Crippen molar-refractivity contribution in [2.45, 2.75) is 6.92 Å². The Balaban J connectivity index is 1.67. The number of rotatable bonds is 4. The summed E-state index contributed by atoms with van der Waals surface area (Å²) < 4.78 is 0. The number of nitrogens with one attached hydrogen (secondary N) is 1. The highest BCUT2D eigenvalue weighted by molar-refractivity contribution is 5.30. The van der Waals surface area contributed by atoms with Crippen molar-refractivity contribution in [1.82, 2.24) is 19.8 Å². The van der Waals surface area contributed by atoms with Gasteiger partial charge in [-0.2, -0.15) is 0 Å². The Labute approximate surface area is 103 Å². The standard InChI is InChI=1S/C12H21N5/c1-11-9-15-12(10-14-11)13-3-4-17-7-5-16(2)6-8-17/h9-10H,3-8H2,1-2H3,(H,13,15). The molecule has 1 fully saturated rings. The molecule has 0 atom stereocenters. The summed E-state index contributed by atoms with van der Waals surface area (Å²) in [5.74, 6) is 0.865. The minimum atomic E-state index is 0.865. The molecule has 0 aromatic carbocycles. The molecule has 2 heterocycles. The molecule has 0 saturated carbocycles. The fourth-order valence-electron chi connectivity index (χ4n) is 1.90. The van der Waals surface area contributed by atoms with Crippen LogP contribution in [0.4, 0.5) is 5.82 Å². The van der Waals surface area contributed by atoms with Crippen LogP contribution in [0.25, 0.3) is 0 Å². The van der Waals surface area contributed by atoms with Gasteiger partial charge in [-0.25, -0.2) is 4.98 Å². The number of nitrogens with zero attached hydrogens (tertiary/aromatic N) is 4. The third kappa shape index (κ3) is 3.94. The van der Waals surface area contributed by atoms with Crippen molar-refractivity contribution in [3.05, 3.63) is 18.1 Å². The van der Waals surface area contributed by atoms with Crippen molar-refractivity contribution >= 4 is 5.82 Å². The van der Waals surface area contributed by atoms with E-state index in [2.05, 4.69) is 32.1 Å². The van der Waals surface area contributed by atoms with E-state index >= 15 is 0 Å². The Morgan fingerprint density at radius 1 is 1.18 bits per heavy atom. The average molecular weight is 235 g/mol. The van der Waals surface area contributed by atoms with Crippen LogP contribution in [-0.2, 0) is 0 Å². The Morgan fingerprint density at radius 3 is 2.59 bits per heavy atom. The van der Waals surface area contributed by atoms with Crippen LogP contribution in [0.2, 0.25) is 0 Å². The summed E-state index contributed by atoms with van der Waals surface area (Å²) in [6.45, 7) is 8.62. The Kier molecular flexibility index (Phi) is 4.28. The van der Waals surface area contributed by atoms with E-state index in [-0.39, 0.29) is 0 Å². The molecule has 1 aromatic heterocycles. The molecule has 0 aliphatic carbocycles. The van der Waals surface area contributed by atoms with Gasteiger partial charge >= 0.3 is 0 Å². The summed E-state index contributed by atoms with van der Waals surface area (Å²) in [5.41, 5.74) is 0.953. The molecule has 5 heteroatoms. The van der Waals surface area contributed by atoms with E-state index in [4.69, 9.17) is 0 Å². The maximum Gasteiger partial charge on any atom is 0.144 e. The molecule has 17 heavy (non-hydrogen) atoms. The number of piperazine rings is 1. The first-order valence-electron chi connectivity index (χ1n) is 6.17. The molecular formula is C12H21N5. The van der Waals surface area contributed by atoms with Crippen molar-refractivity contribution < 1.29 is 0 Å². The van der Waals surface area contributed by atoms with Gasteiger partial charge < -0.3 is 10.2 Å². The van der Waals surface area contributed by atoms with Crippen molar-refractivity contribution in [3.8, 4) is 0 Å². The van der Waals surface area contributed by atoms with Gasteiger partial charge in [0.1, 0.15) is 5.82 Å². The predicted octanol–water partition coefficient (Wildman–Crippen LogP) is 0.444. The lowest BCUT2D eigenvalue weighted by molar-refractivity contribution is 0.158. The van der Waals surface area contributed by atoms with Crippen LogP contribution in [0.5, 0.6) is 0 Å². The molecule has 1 aliphatic rings. The van der Waals surface area contributed by atoms with Crippen LogP contribution in [0.15, 0.2) is 12.4 Å². The molecule has 94 valence electrons. The van der Waals surface area contributed by atoms with Crippen LogP contribution >= 0.6 is 0 Å². The number of hydrogen-bond acceptors (Lipinski definition) is 5. The van der Waals surface area contributed by atoms with Gasteiger partial charge in [-0.3, -0.25) is 9.88 Å². The molecule has 0 spiro atoms. The van der Waals surface area contributed by atoms with E-state index in [9.17, 15) is 0 Å². The molecule has 0 bridgehead atoms. The number of aromatic nitrogens is 2. The summed E-state index contributed by atoms with van der Waals surface area (Å²) in [6, 6.07) is 0. The summed E-state index contributed by atoms with van der Waals surface area (Å²) in [5, 5.41) is 3.30. The summed E-state index contributed by atoms with van der Waals surface area (Å²) in [4.78, 5) is 13.3. The number of aryl methyl sites for hydroxylation is 1. The van der Waals surface area contributed by atoms with Crippen LogP contribution in [0.3, 0.4) is 0 Å². The smallest absolute Gasteiger partial charge is 0.144 e. The van der Waals surface area contributed by atoms with E-state index in [0.29, 0.717) is 0 Å². The molecule has 0 amide bonds. The highest BCUT2D eigenvalue weighted by Crippen LogP contribution is 2.01. The minimum absolute atomic E-state index is 0.865. The Morgan fingerprint density at radius 2 is 1.94 bits per heavy atom. The highest BCUT2D eigenvalue weighted by Gasteiger charge is 2.12. The molecule has 1 aliphatic heterocycles. The first kappa shape index (κ1) is 12.3. The topological polar surface area (TPSA) is 44.3 Å². The van der Waals surface area contributed by atoms with E-state index in [1.165, 1.54) is 13.1 Å². The van der Waals surface area contributed by atoms with Crippen molar-refractivity contribution in [1.29, 1.82) is 0 Å². The zero-order chi connectivity index (χ0) is 12.1. The SMILES string of the molecule is Cc1cnc(NCCN2CCN(C)CC2)cn1. The van der Waals surface area contributed by atoms with Crippen molar-refractivity contribution in [2.75, 3.05) is 51.6 Å². The lowest BCUT2D eigenvalue weighted by Gasteiger charge is -2.32. The third-order valence-corrected chi connectivity index (χ3v) is 3.11. The molecule has 1 aromatic rings. The van der Waals surface area contributed by atoms with E-state index in [0.717, 1.165) is 37.7 Å². The van der Waals surface area contributed by atoms with Gasteiger partial charge in [0.05, 0.1) is 18.1 Å². The van der Waals surface area contributed by atoms with Gasteiger partial charge in [-0.1, -0.05) is 0 Å². The third-order valence-electron chi connectivity index (χ3n) is 3.11. The van der Waals surface area contributed by atoms with Gasteiger partial charge in [0.2, 0.25) is 0 Å². The van der Waals surface area contributed by atoms with Gasteiger partial charge in [0.15, 0.2) is 0 Å². The normalized spacial score (nSPS) is 18.2. The maximum atomic E-state index is 4.27. The molecular weight excluding hydrogens is 214 g/mol. The molecule has 0 unspecified atom stereocenters. The van der Waals surface area contributed by atoms with Crippen molar-refractivity contribution in [3.63, 3.8) is 0 Å². The van der Waals surface area contributed by atoms with Gasteiger partial charge in [-0.15, -0.1) is 0 Å².